The van der Waals surface area contributed by atoms with Crippen molar-refractivity contribution in [3.63, 3.8) is 0 Å². The van der Waals surface area contributed by atoms with E-state index < -0.39 is 5.97 Å². The Morgan fingerprint density at radius 1 is 1.40 bits per heavy atom. The zero-order chi connectivity index (χ0) is 10.6. The molecule has 90 valence electrons. The Balaban J connectivity index is 0.00000196. The number of carboxylic acids is 1. The van der Waals surface area contributed by atoms with Crippen LogP contribution in [0.3, 0.4) is 0 Å². The van der Waals surface area contributed by atoms with Crippen LogP contribution in [0, 0.1) is 5.92 Å². The molecule has 0 aromatic rings. The summed E-state index contributed by atoms with van der Waals surface area (Å²) < 4.78 is 0. The molecule has 0 radical (unpaired) electrons. The standard InChI is InChI=1S/C11H21NO2.ClH/c1-9-4-3-5-10(2)12(8-9)7-6-11(13)14;/h9-10H,3-8H2,1-2H3,(H,13,14);1H. The van der Waals surface area contributed by atoms with E-state index in [1.165, 1.54) is 19.3 Å². The van der Waals surface area contributed by atoms with Gasteiger partial charge in [0, 0.05) is 19.1 Å². The summed E-state index contributed by atoms with van der Waals surface area (Å²) in [7, 11) is 0. The van der Waals surface area contributed by atoms with Gasteiger partial charge >= 0.3 is 5.97 Å². The van der Waals surface area contributed by atoms with Crippen LogP contribution in [0.15, 0.2) is 0 Å². The summed E-state index contributed by atoms with van der Waals surface area (Å²) in [5.41, 5.74) is 0. The van der Waals surface area contributed by atoms with Gasteiger partial charge in [-0.05, 0) is 25.7 Å². The van der Waals surface area contributed by atoms with Gasteiger partial charge in [0.05, 0.1) is 6.42 Å². The van der Waals surface area contributed by atoms with E-state index in [2.05, 4.69) is 18.7 Å². The number of hydrogen-bond acceptors (Lipinski definition) is 2. The van der Waals surface area contributed by atoms with Gasteiger partial charge in [0.15, 0.2) is 0 Å². The highest BCUT2D eigenvalue weighted by Crippen LogP contribution is 2.20. The fourth-order valence-electron chi connectivity index (χ4n) is 2.17. The highest BCUT2D eigenvalue weighted by Gasteiger charge is 2.20. The molecule has 0 aliphatic carbocycles. The van der Waals surface area contributed by atoms with E-state index in [0.29, 0.717) is 18.5 Å². The Bertz CT molecular complexity index is 199. The summed E-state index contributed by atoms with van der Waals surface area (Å²) in [6.45, 7) is 6.24. The van der Waals surface area contributed by atoms with E-state index in [1.54, 1.807) is 0 Å². The highest BCUT2D eigenvalue weighted by molar-refractivity contribution is 5.85. The third-order valence-electron chi connectivity index (χ3n) is 3.10. The van der Waals surface area contributed by atoms with Crippen molar-refractivity contribution in [1.82, 2.24) is 4.90 Å². The molecule has 4 heteroatoms. The minimum absolute atomic E-state index is 0. The summed E-state index contributed by atoms with van der Waals surface area (Å²) in [5.74, 6) is 0.0304. The summed E-state index contributed by atoms with van der Waals surface area (Å²) >= 11 is 0. The van der Waals surface area contributed by atoms with Crippen molar-refractivity contribution < 1.29 is 9.90 Å². The number of rotatable bonds is 3. The molecule has 1 saturated heterocycles. The summed E-state index contributed by atoms with van der Waals surface area (Å²) in [6.07, 6.45) is 4.06. The average molecular weight is 236 g/mol. The maximum Gasteiger partial charge on any atom is 0.304 e. The minimum Gasteiger partial charge on any atom is -0.481 e. The van der Waals surface area contributed by atoms with Gasteiger partial charge in [0.25, 0.3) is 0 Å². The largest absolute Gasteiger partial charge is 0.481 e. The van der Waals surface area contributed by atoms with Crippen LogP contribution in [0.5, 0.6) is 0 Å². The highest BCUT2D eigenvalue weighted by atomic mass is 35.5. The first-order valence-corrected chi connectivity index (χ1v) is 5.55. The fourth-order valence-corrected chi connectivity index (χ4v) is 2.17. The quantitative estimate of drug-likeness (QED) is 0.817. The first-order valence-electron chi connectivity index (χ1n) is 5.55. The molecule has 1 rings (SSSR count). The minimum atomic E-state index is -0.686. The van der Waals surface area contributed by atoms with Crippen molar-refractivity contribution in [3.05, 3.63) is 0 Å². The van der Waals surface area contributed by atoms with E-state index in [9.17, 15) is 4.79 Å². The van der Waals surface area contributed by atoms with E-state index in [1.807, 2.05) is 0 Å². The Kier molecular flexibility index (Phi) is 6.94. The third kappa shape index (κ3) is 5.38. The van der Waals surface area contributed by atoms with Gasteiger partial charge in [0.2, 0.25) is 0 Å². The van der Waals surface area contributed by atoms with Gasteiger partial charge < -0.3 is 5.11 Å². The lowest BCUT2D eigenvalue weighted by Crippen LogP contribution is -2.36. The van der Waals surface area contributed by atoms with E-state index in [0.717, 1.165) is 6.54 Å². The Labute approximate surface area is 98.3 Å². The SMILES string of the molecule is CC1CCCC(C)N(CCC(=O)O)C1.Cl. The molecule has 0 aromatic heterocycles. The van der Waals surface area contributed by atoms with E-state index in [4.69, 9.17) is 5.11 Å². The second kappa shape index (κ2) is 7.07. The normalized spacial score (nSPS) is 27.9. The average Bonchev–Trinajstić information content (AvgIpc) is 2.25. The van der Waals surface area contributed by atoms with Crippen molar-refractivity contribution >= 4 is 18.4 Å². The van der Waals surface area contributed by atoms with Crippen molar-refractivity contribution in [2.24, 2.45) is 5.92 Å². The van der Waals surface area contributed by atoms with Crippen molar-refractivity contribution in [3.8, 4) is 0 Å². The van der Waals surface area contributed by atoms with Crippen molar-refractivity contribution in [2.45, 2.75) is 45.6 Å². The Morgan fingerprint density at radius 2 is 2.07 bits per heavy atom. The van der Waals surface area contributed by atoms with Crippen LogP contribution < -0.4 is 0 Å². The molecule has 0 amide bonds. The zero-order valence-electron chi connectivity index (χ0n) is 9.61. The molecular formula is C11H22ClNO2. The molecule has 3 nitrogen and oxygen atoms in total. The molecule has 0 aromatic carbocycles. The van der Waals surface area contributed by atoms with Crippen LogP contribution in [0.2, 0.25) is 0 Å². The molecule has 1 aliphatic rings. The molecule has 1 aliphatic heterocycles. The van der Waals surface area contributed by atoms with E-state index in [-0.39, 0.29) is 18.8 Å². The Hall–Kier alpha value is -0.280. The number of aliphatic carboxylic acids is 1. The molecule has 2 atom stereocenters. The van der Waals surface area contributed by atoms with Crippen LogP contribution in [0.1, 0.15) is 39.5 Å². The second-order valence-corrected chi connectivity index (χ2v) is 4.52. The first kappa shape index (κ1) is 14.7. The number of likely N-dealkylation sites (tertiary alicyclic amines) is 1. The predicted octanol–water partition coefficient (Wildman–Crippen LogP) is 2.39. The summed E-state index contributed by atoms with van der Waals surface area (Å²) in [4.78, 5) is 12.8. The second-order valence-electron chi connectivity index (χ2n) is 4.52. The molecule has 0 bridgehead atoms. The van der Waals surface area contributed by atoms with Crippen molar-refractivity contribution in [1.29, 1.82) is 0 Å². The van der Waals surface area contributed by atoms with Crippen LogP contribution >= 0.6 is 12.4 Å². The van der Waals surface area contributed by atoms with Crippen LogP contribution in [0.4, 0.5) is 0 Å². The number of hydrogen-bond donors (Lipinski definition) is 1. The number of halogens is 1. The van der Waals surface area contributed by atoms with Crippen LogP contribution in [-0.2, 0) is 4.79 Å². The van der Waals surface area contributed by atoms with Gasteiger partial charge in [-0.1, -0.05) is 13.3 Å². The van der Waals surface area contributed by atoms with Crippen LogP contribution in [0.25, 0.3) is 0 Å². The molecular weight excluding hydrogens is 214 g/mol. The molecule has 15 heavy (non-hydrogen) atoms. The van der Waals surface area contributed by atoms with Gasteiger partial charge in [-0.15, -0.1) is 12.4 Å². The van der Waals surface area contributed by atoms with Crippen molar-refractivity contribution in [2.75, 3.05) is 13.1 Å². The van der Waals surface area contributed by atoms with Gasteiger partial charge in [-0.2, -0.15) is 0 Å². The van der Waals surface area contributed by atoms with Gasteiger partial charge in [-0.25, -0.2) is 0 Å². The number of carboxylic acid groups (broad SMARTS) is 1. The maximum atomic E-state index is 10.5. The first-order chi connectivity index (χ1) is 6.59. The zero-order valence-corrected chi connectivity index (χ0v) is 10.4. The molecule has 0 saturated carbocycles. The maximum absolute atomic E-state index is 10.5. The smallest absolute Gasteiger partial charge is 0.304 e. The monoisotopic (exact) mass is 235 g/mol. The summed E-state index contributed by atoms with van der Waals surface area (Å²) in [5, 5.41) is 8.64. The molecule has 2 unspecified atom stereocenters. The fraction of sp³-hybridized carbons (Fsp3) is 0.909. The topological polar surface area (TPSA) is 40.5 Å². The lowest BCUT2D eigenvalue weighted by molar-refractivity contribution is -0.137. The molecule has 0 spiro atoms. The Morgan fingerprint density at radius 3 is 2.67 bits per heavy atom. The van der Waals surface area contributed by atoms with Crippen LogP contribution in [-0.4, -0.2) is 35.1 Å². The summed E-state index contributed by atoms with van der Waals surface area (Å²) in [6, 6.07) is 0.555. The van der Waals surface area contributed by atoms with E-state index >= 15 is 0 Å². The molecule has 1 heterocycles. The molecule has 1 fully saturated rings. The lowest BCUT2D eigenvalue weighted by atomic mass is 10.1. The third-order valence-corrected chi connectivity index (χ3v) is 3.10. The number of carbonyl (C=O) groups is 1. The van der Waals surface area contributed by atoms with Gasteiger partial charge in [-0.3, -0.25) is 9.69 Å². The lowest BCUT2D eigenvalue weighted by Gasteiger charge is -2.27. The van der Waals surface area contributed by atoms with Gasteiger partial charge in [0.1, 0.15) is 0 Å². The molecule has 1 N–H and O–H groups in total. The number of nitrogens with zero attached hydrogens (tertiary/aromatic N) is 1. The predicted molar refractivity (Wildman–Crippen MR) is 63.6 cm³/mol.